The molecule has 0 heterocycles. The Morgan fingerprint density at radius 1 is 1.12 bits per heavy atom. The third-order valence-corrected chi connectivity index (χ3v) is 4.19. The number of ether oxygens (including phenoxy) is 1. The highest BCUT2D eigenvalue weighted by atomic mass is 35.5. The first-order chi connectivity index (χ1) is 11.9. The van der Waals surface area contributed by atoms with Gasteiger partial charge in [0, 0.05) is 15.6 Å². The molecule has 0 aliphatic heterocycles. The summed E-state index contributed by atoms with van der Waals surface area (Å²) in [5, 5.41) is 3.34. The van der Waals surface area contributed by atoms with E-state index in [1.54, 1.807) is 25.1 Å². The number of hydrogen-bond donors (Lipinski definition) is 1. The van der Waals surface area contributed by atoms with Gasteiger partial charge < -0.3 is 10.1 Å². The van der Waals surface area contributed by atoms with Crippen LogP contribution in [0.4, 0.5) is 4.39 Å². The number of hydrogen-bond acceptors (Lipinski definition) is 3. The summed E-state index contributed by atoms with van der Waals surface area (Å²) in [5.41, 5.74) is 0.793. The first-order valence-corrected chi connectivity index (χ1v) is 8.26. The summed E-state index contributed by atoms with van der Waals surface area (Å²) in [5.74, 6) is -1.82. The highest BCUT2D eigenvalue weighted by molar-refractivity contribution is 6.31. The molecule has 25 heavy (non-hydrogen) atoms. The number of benzene rings is 2. The van der Waals surface area contributed by atoms with Crippen LogP contribution in [-0.2, 0) is 20.7 Å². The molecule has 0 aliphatic rings. The van der Waals surface area contributed by atoms with Crippen LogP contribution >= 0.6 is 23.2 Å². The molecule has 132 valence electrons. The van der Waals surface area contributed by atoms with Gasteiger partial charge in [0.15, 0.2) is 6.61 Å². The first kappa shape index (κ1) is 19.2. The van der Waals surface area contributed by atoms with Crippen molar-refractivity contribution in [1.82, 2.24) is 5.32 Å². The summed E-state index contributed by atoms with van der Waals surface area (Å²) in [4.78, 5) is 23.7. The topological polar surface area (TPSA) is 55.4 Å². The van der Waals surface area contributed by atoms with E-state index in [4.69, 9.17) is 27.9 Å². The third-order valence-electron chi connectivity index (χ3n) is 3.50. The van der Waals surface area contributed by atoms with Crippen LogP contribution in [0.15, 0.2) is 42.5 Å². The van der Waals surface area contributed by atoms with E-state index >= 15 is 0 Å². The van der Waals surface area contributed by atoms with Crippen LogP contribution in [-0.4, -0.2) is 18.5 Å². The van der Waals surface area contributed by atoms with Crippen LogP contribution in [0.1, 0.15) is 24.1 Å². The van der Waals surface area contributed by atoms with E-state index < -0.39 is 24.3 Å². The van der Waals surface area contributed by atoms with E-state index in [1.807, 2.05) is 6.07 Å². The van der Waals surface area contributed by atoms with Crippen molar-refractivity contribution in [3.63, 3.8) is 0 Å². The normalized spacial score (nSPS) is 11.7. The number of carbonyl (C=O) groups is 2. The maximum absolute atomic E-state index is 13.6. The van der Waals surface area contributed by atoms with Gasteiger partial charge in [-0.25, -0.2) is 4.39 Å². The van der Waals surface area contributed by atoms with Crippen LogP contribution in [0.3, 0.4) is 0 Å². The lowest BCUT2D eigenvalue weighted by Gasteiger charge is -2.15. The van der Waals surface area contributed by atoms with E-state index in [0.29, 0.717) is 5.02 Å². The zero-order chi connectivity index (χ0) is 18.4. The lowest BCUT2D eigenvalue weighted by molar-refractivity contribution is -0.148. The van der Waals surface area contributed by atoms with Crippen molar-refractivity contribution in [1.29, 1.82) is 0 Å². The minimum atomic E-state index is -0.743. The predicted molar refractivity (Wildman–Crippen MR) is 94.1 cm³/mol. The molecule has 0 saturated heterocycles. The van der Waals surface area contributed by atoms with Crippen molar-refractivity contribution in [2.45, 2.75) is 19.4 Å². The van der Waals surface area contributed by atoms with Gasteiger partial charge in [0.2, 0.25) is 0 Å². The minimum absolute atomic E-state index is 0.0408. The Labute approximate surface area is 154 Å². The lowest BCUT2D eigenvalue weighted by atomic mass is 10.1. The average molecular weight is 384 g/mol. The van der Waals surface area contributed by atoms with E-state index in [9.17, 15) is 14.0 Å². The molecule has 0 radical (unpaired) electrons. The standard InChI is InChI=1S/C18H16Cl2FNO3/c1-11(12-5-2-3-6-14(12)19)22-17(23)10-25-18(24)9-13-15(20)7-4-8-16(13)21/h2-8,11H,9-10H2,1H3,(H,22,23)/t11-/m1/s1. The zero-order valence-corrected chi connectivity index (χ0v) is 14.9. The average Bonchev–Trinajstić information content (AvgIpc) is 2.57. The fourth-order valence-electron chi connectivity index (χ4n) is 2.23. The molecule has 1 N–H and O–H groups in total. The van der Waals surface area contributed by atoms with E-state index in [-0.39, 0.29) is 23.0 Å². The van der Waals surface area contributed by atoms with Gasteiger partial charge in [-0.15, -0.1) is 0 Å². The van der Waals surface area contributed by atoms with Crippen molar-refractivity contribution in [3.05, 3.63) is 69.5 Å². The van der Waals surface area contributed by atoms with Gasteiger partial charge >= 0.3 is 5.97 Å². The SMILES string of the molecule is C[C@@H](NC(=O)COC(=O)Cc1c(F)cccc1Cl)c1ccccc1Cl. The molecule has 0 unspecified atom stereocenters. The maximum atomic E-state index is 13.6. The van der Waals surface area contributed by atoms with Crippen molar-refractivity contribution in [2.75, 3.05) is 6.61 Å². The molecule has 2 aromatic carbocycles. The van der Waals surface area contributed by atoms with Gasteiger partial charge in [-0.3, -0.25) is 9.59 Å². The molecule has 0 saturated carbocycles. The zero-order valence-electron chi connectivity index (χ0n) is 13.4. The Bertz CT molecular complexity index is 762. The molecule has 0 spiro atoms. The quantitative estimate of drug-likeness (QED) is 0.764. The first-order valence-electron chi connectivity index (χ1n) is 7.50. The van der Waals surface area contributed by atoms with E-state index in [0.717, 1.165) is 5.56 Å². The lowest BCUT2D eigenvalue weighted by Crippen LogP contribution is -2.31. The summed E-state index contributed by atoms with van der Waals surface area (Å²) >= 11 is 11.9. The number of halogens is 3. The van der Waals surface area contributed by atoms with Gasteiger partial charge in [-0.05, 0) is 30.7 Å². The third kappa shape index (κ3) is 5.44. The van der Waals surface area contributed by atoms with Crippen LogP contribution in [0, 0.1) is 5.82 Å². The van der Waals surface area contributed by atoms with Crippen molar-refractivity contribution in [3.8, 4) is 0 Å². The molecule has 7 heteroatoms. The molecule has 2 aromatic rings. The second-order valence-electron chi connectivity index (χ2n) is 5.35. The van der Waals surface area contributed by atoms with Crippen molar-refractivity contribution < 1.29 is 18.7 Å². The summed E-state index contributed by atoms with van der Waals surface area (Å²) in [6.07, 6.45) is -0.348. The minimum Gasteiger partial charge on any atom is -0.455 e. The molecule has 0 bridgehead atoms. The summed E-state index contributed by atoms with van der Waals surface area (Å²) in [7, 11) is 0. The Hall–Kier alpha value is -2.11. The number of amides is 1. The molecule has 2 rings (SSSR count). The summed E-state index contributed by atoms with van der Waals surface area (Å²) in [6, 6.07) is 10.9. The van der Waals surface area contributed by atoms with E-state index in [1.165, 1.54) is 18.2 Å². The largest absolute Gasteiger partial charge is 0.455 e. The smallest absolute Gasteiger partial charge is 0.310 e. The van der Waals surface area contributed by atoms with Crippen LogP contribution in [0.25, 0.3) is 0 Å². The van der Waals surface area contributed by atoms with Gasteiger partial charge in [-0.1, -0.05) is 47.5 Å². The maximum Gasteiger partial charge on any atom is 0.310 e. The van der Waals surface area contributed by atoms with Gasteiger partial charge in [0.25, 0.3) is 5.91 Å². The van der Waals surface area contributed by atoms with Gasteiger partial charge in [-0.2, -0.15) is 0 Å². The molecular weight excluding hydrogens is 368 g/mol. The molecular formula is C18H16Cl2FNO3. The number of rotatable bonds is 6. The van der Waals surface area contributed by atoms with Crippen LogP contribution in [0.2, 0.25) is 10.0 Å². The molecule has 0 aromatic heterocycles. The molecule has 4 nitrogen and oxygen atoms in total. The Balaban J connectivity index is 1.85. The summed E-state index contributed by atoms with van der Waals surface area (Å²) in [6.45, 7) is 1.29. The highest BCUT2D eigenvalue weighted by Crippen LogP contribution is 2.22. The van der Waals surface area contributed by atoms with Crippen LogP contribution < -0.4 is 5.32 Å². The number of nitrogens with one attached hydrogen (secondary N) is 1. The van der Waals surface area contributed by atoms with E-state index in [2.05, 4.69) is 5.32 Å². The fourth-order valence-corrected chi connectivity index (χ4v) is 2.76. The number of esters is 1. The van der Waals surface area contributed by atoms with Gasteiger partial charge in [0.1, 0.15) is 5.82 Å². The van der Waals surface area contributed by atoms with Crippen molar-refractivity contribution in [2.24, 2.45) is 0 Å². The van der Waals surface area contributed by atoms with Gasteiger partial charge in [0.05, 0.1) is 12.5 Å². The molecule has 0 fully saturated rings. The Kier molecular flexibility index (Phi) is 6.79. The fraction of sp³-hybridized carbons (Fsp3) is 0.222. The number of carbonyl (C=O) groups excluding carboxylic acids is 2. The highest BCUT2D eigenvalue weighted by Gasteiger charge is 2.16. The Morgan fingerprint density at radius 2 is 1.80 bits per heavy atom. The molecule has 0 aliphatic carbocycles. The monoisotopic (exact) mass is 383 g/mol. The van der Waals surface area contributed by atoms with Crippen LogP contribution in [0.5, 0.6) is 0 Å². The second kappa shape index (κ2) is 8.83. The molecule has 1 atom stereocenters. The Morgan fingerprint density at radius 3 is 2.48 bits per heavy atom. The second-order valence-corrected chi connectivity index (χ2v) is 6.16. The molecule has 1 amide bonds. The predicted octanol–water partition coefficient (Wildman–Crippen LogP) is 4.10. The summed E-state index contributed by atoms with van der Waals surface area (Å²) < 4.78 is 18.5. The van der Waals surface area contributed by atoms with Crippen molar-refractivity contribution >= 4 is 35.1 Å².